The van der Waals surface area contributed by atoms with Gasteiger partial charge in [-0.15, -0.1) is 11.3 Å². The molecular formula is C12H18F3N3OS. The van der Waals surface area contributed by atoms with Crippen LogP contribution in [0.25, 0.3) is 0 Å². The van der Waals surface area contributed by atoms with Crippen molar-refractivity contribution < 1.29 is 18.4 Å². The third-order valence-electron chi connectivity index (χ3n) is 2.97. The Morgan fingerprint density at radius 2 is 2.15 bits per heavy atom. The molecule has 1 aromatic heterocycles. The third-order valence-corrected chi connectivity index (χ3v) is 4.21. The van der Waals surface area contributed by atoms with Crippen molar-refractivity contribution in [3.63, 3.8) is 0 Å². The van der Waals surface area contributed by atoms with E-state index >= 15 is 0 Å². The van der Waals surface area contributed by atoms with Crippen molar-refractivity contribution in [2.75, 3.05) is 13.1 Å². The number of hydrogen-bond acceptors (Lipinski definition) is 4. The van der Waals surface area contributed by atoms with Crippen LogP contribution in [0.15, 0.2) is 22.7 Å². The molecule has 0 spiro atoms. The molecule has 0 aliphatic carbocycles. The van der Waals surface area contributed by atoms with Gasteiger partial charge in [0.05, 0.1) is 0 Å². The summed E-state index contributed by atoms with van der Waals surface area (Å²) in [6, 6.07) is 3.84. The molecule has 0 fully saturated rings. The molecule has 0 aliphatic heterocycles. The quantitative estimate of drug-likeness (QED) is 0.327. The molecule has 1 atom stereocenters. The highest BCUT2D eigenvalue weighted by molar-refractivity contribution is 7.10. The number of nitrogens with zero attached hydrogens (tertiary/aromatic N) is 1. The molecule has 1 unspecified atom stereocenters. The van der Waals surface area contributed by atoms with Gasteiger partial charge >= 0.3 is 6.18 Å². The molecule has 1 rings (SSSR count). The lowest BCUT2D eigenvalue weighted by Crippen LogP contribution is -2.45. The second-order valence-electron chi connectivity index (χ2n) is 5.11. The normalized spacial score (nSPS) is 15.3. The lowest BCUT2D eigenvalue weighted by Gasteiger charge is -2.26. The fourth-order valence-electron chi connectivity index (χ4n) is 1.74. The van der Waals surface area contributed by atoms with Gasteiger partial charge < -0.3 is 16.3 Å². The summed E-state index contributed by atoms with van der Waals surface area (Å²) in [7, 11) is 0. The molecular weight excluding hydrogens is 291 g/mol. The van der Waals surface area contributed by atoms with E-state index in [0.29, 0.717) is 6.54 Å². The summed E-state index contributed by atoms with van der Waals surface area (Å²) in [5, 5.41) is 15.5. The standard InChI is InChI=1S/C12H18F3N3OS/c1-11(2,9-4-3-5-20-9)7-17-6-8(10(16)18-19)12(13,14)15/h3-5,8,17,19H,6-7H2,1-2H3,(H2,16,18). The average Bonchev–Trinajstić information content (AvgIpc) is 2.86. The first-order chi connectivity index (χ1) is 9.18. The maximum absolute atomic E-state index is 12.7. The van der Waals surface area contributed by atoms with Gasteiger partial charge in [-0.05, 0) is 11.4 Å². The summed E-state index contributed by atoms with van der Waals surface area (Å²) in [5.41, 5.74) is 4.81. The fraction of sp³-hybridized carbons (Fsp3) is 0.583. The van der Waals surface area contributed by atoms with Crippen LogP contribution in [0.2, 0.25) is 0 Å². The Morgan fingerprint density at radius 1 is 1.50 bits per heavy atom. The summed E-state index contributed by atoms with van der Waals surface area (Å²) >= 11 is 1.55. The van der Waals surface area contributed by atoms with Gasteiger partial charge in [-0.1, -0.05) is 25.1 Å². The topological polar surface area (TPSA) is 70.6 Å². The van der Waals surface area contributed by atoms with Crippen molar-refractivity contribution in [2.45, 2.75) is 25.4 Å². The summed E-state index contributed by atoms with van der Waals surface area (Å²) in [6.07, 6.45) is -4.55. The van der Waals surface area contributed by atoms with Gasteiger partial charge in [0, 0.05) is 23.4 Å². The molecule has 1 aromatic rings. The van der Waals surface area contributed by atoms with E-state index in [0.717, 1.165) is 4.88 Å². The van der Waals surface area contributed by atoms with Gasteiger partial charge in [0.2, 0.25) is 0 Å². The van der Waals surface area contributed by atoms with Crippen LogP contribution in [0.4, 0.5) is 13.2 Å². The van der Waals surface area contributed by atoms with Crippen molar-refractivity contribution in [1.29, 1.82) is 0 Å². The largest absolute Gasteiger partial charge is 0.409 e. The fourth-order valence-corrected chi connectivity index (χ4v) is 2.59. The Kier molecular flexibility index (Phi) is 5.41. The van der Waals surface area contributed by atoms with Crippen LogP contribution in [0.5, 0.6) is 0 Å². The molecule has 0 aromatic carbocycles. The van der Waals surface area contributed by atoms with Gasteiger partial charge in [-0.25, -0.2) is 0 Å². The first kappa shape index (κ1) is 16.8. The molecule has 0 saturated carbocycles. The molecule has 20 heavy (non-hydrogen) atoms. The van der Waals surface area contributed by atoms with E-state index in [2.05, 4.69) is 10.5 Å². The Bertz CT molecular complexity index is 443. The molecule has 1 heterocycles. The minimum absolute atomic E-state index is 0.282. The minimum atomic E-state index is -4.55. The lowest BCUT2D eigenvalue weighted by atomic mass is 9.91. The Balaban J connectivity index is 2.62. The van der Waals surface area contributed by atoms with Crippen LogP contribution in [0, 0.1) is 5.92 Å². The maximum Gasteiger partial charge on any atom is 0.400 e. The average molecular weight is 309 g/mol. The zero-order chi connectivity index (χ0) is 15.4. The summed E-state index contributed by atoms with van der Waals surface area (Å²) in [5.74, 6) is -2.83. The highest BCUT2D eigenvalue weighted by Gasteiger charge is 2.42. The number of rotatable bonds is 6. The number of alkyl halides is 3. The summed E-state index contributed by atoms with van der Waals surface area (Å²) in [4.78, 5) is 1.08. The number of oxime groups is 1. The van der Waals surface area contributed by atoms with Crippen molar-refractivity contribution in [2.24, 2.45) is 16.8 Å². The van der Waals surface area contributed by atoms with E-state index in [1.165, 1.54) is 0 Å². The minimum Gasteiger partial charge on any atom is -0.409 e. The van der Waals surface area contributed by atoms with E-state index in [4.69, 9.17) is 10.9 Å². The van der Waals surface area contributed by atoms with E-state index in [1.54, 1.807) is 11.3 Å². The van der Waals surface area contributed by atoms with Crippen molar-refractivity contribution in [3.8, 4) is 0 Å². The zero-order valence-corrected chi connectivity index (χ0v) is 12.1. The summed E-state index contributed by atoms with van der Waals surface area (Å²) < 4.78 is 38.2. The number of thiophene rings is 1. The van der Waals surface area contributed by atoms with E-state index < -0.39 is 24.5 Å². The van der Waals surface area contributed by atoms with Gasteiger partial charge in [0.15, 0.2) is 5.84 Å². The van der Waals surface area contributed by atoms with Crippen LogP contribution < -0.4 is 11.1 Å². The molecule has 0 saturated heterocycles. The molecule has 4 N–H and O–H groups in total. The van der Waals surface area contributed by atoms with Gasteiger partial charge in [-0.3, -0.25) is 0 Å². The van der Waals surface area contributed by atoms with Gasteiger partial charge in [0.1, 0.15) is 5.92 Å². The SMILES string of the molecule is CC(C)(CNCC(/C(N)=N/O)C(F)(F)F)c1cccs1. The monoisotopic (exact) mass is 309 g/mol. The predicted octanol–water partition coefficient (Wildman–Crippen LogP) is 2.54. The van der Waals surface area contributed by atoms with Crippen LogP contribution >= 0.6 is 11.3 Å². The van der Waals surface area contributed by atoms with Crippen molar-refractivity contribution in [1.82, 2.24) is 5.32 Å². The highest BCUT2D eigenvalue weighted by Crippen LogP contribution is 2.28. The molecule has 0 aliphatic rings. The second kappa shape index (κ2) is 6.45. The molecule has 114 valence electrons. The Labute approximate surface area is 119 Å². The van der Waals surface area contributed by atoms with Crippen molar-refractivity contribution >= 4 is 17.2 Å². The van der Waals surface area contributed by atoms with Gasteiger partial charge in [0.25, 0.3) is 0 Å². The third kappa shape index (κ3) is 4.38. The Hall–Kier alpha value is -1.28. The van der Waals surface area contributed by atoms with E-state index in [1.807, 2.05) is 31.4 Å². The summed E-state index contributed by atoms with van der Waals surface area (Å²) in [6.45, 7) is 3.82. The van der Waals surface area contributed by atoms with E-state index in [-0.39, 0.29) is 5.41 Å². The number of halogens is 3. The first-order valence-corrected chi connectivity index (χ1v) is 6.85. The molecule has 0 radical (unpaired) electrons. The number of hydrogen-bond donors (Lipinski definition) is 3. The van der Waals surface area contributed by atoms with Crippen LogP contribution in [0.3, 0.4) is 0 Å². The lowest BCUT2D eigenvalue weighted by molar-refractivity contribution is -0.155. The number of nitrogens with one attached hydrogen (secondary N) is 1. The van der Waals surface area contributed by atoms with Crippen LogP contribution in [-0.2, 0) is 5.41 Å². The predicted molar refractivity (Wildman–Crippen MR) is 73.2 cm³/mol. The number of amidine groups is 1. The maximum atomic E-state index is 12.7. The highest BCUT2D eigenvalue weighted by atomic mass is 32.1. The molecule has 0 amide bonds. The Morgan fingerprint density at radius 3 is 2.60 bits per heavy atom. The molecule has 4 nitrogen and oxygen atoms in total. The molecule has 8 heteroatoms. The molecule has 0 bridgehead atoms. The first-order valence-electron chi connectivity index (χ1n) is 5.97. The van der Waals surface area contributed by atoms with Crippen molar-refractivity contribution in [3.05, 3.63) is 22.4 Å². The van der Waals surface area contributed by atoms with Crippen LogP contribution in [0.1, 0.15) is 18.7 Å². The zero-order valence-electron chi connectivity index (χ0n) is 11.2. The van der Waals surface area contributed by atoms with E-state index in [9.17, 15) is 13.2 Å². The van der Waals surface area contributed by atoms with Crippen LogP contribution in [-0.4, -0.2) is 30.3 Å². The number of nitrogens with two attached hydrogens (primary N) is 1. The second-order valence-corrected chi connectivity index (χ2v) is 6.06. The van der Waals surface area contributed by atoms with Gasteiger partial charge in [-0.2, -0.15) is 13.2 Å². The smallest absolute Gasteiger partial charge is 0.400 e.